The van der Waals surface area contributed by atoms with Crippen LogP contribution in [0.3, 0.4) is 0 Å². The van der Waals surface area contributed by atoms with Crippen LogP contribution in [-0.2, 0) is 9.47 Å². The largest absolute Gasteiger partial charge is 0.387 e. The minimum absolute atomic E-state index is 0.162. The number of nitriles is 1. The molecule has 0 unspecified atom stereocenters. The molecule has 0 aliphatic carbocycles. The first-order chi connectivity index (χ1) is 6.05. The van der Waals surface area contributed by atoms with Crippen molar-refractivity contribution in [3.05, 3.63) is 0 Å². The smallest absolute Gasteiger partial charge is 0.166 e. The van der Waals surface area contributed by atoms with Crippen LogP contribution < -0.4 is 0 Å². The van der Waals surface area contributed by atoms with Gasteiger partial charge in [0.15, 0.2) is 7.85 Å². The summed E-state index contributed by atoms with van der Waals surface area (Å²) in [5.74, 6) is 0. The minimum atomic E-state index is -1.33. The van der Waals surface area contributed by atoms with E-state index in [-0.39, 0.29) is 6.61 Å². The minimum Gasteiger partial charge on any atom is -0.387 e. The third-order valence-corrected chi connectivity index (χ3v) is 2.22. The molecule has 0 radical (unpaired) electrons. The third-order valence-electron chi connectivity index (χ3n) is 2.22. The lowest BCUT2D eigenvalue weighted by atomic mass is 9.78. The van der Waals surface area contributed by atoms with Crippen LogP contribution in [0.2, 0.25) is 0 Å². The lowest BCUT2D eigenvalue weighted by Crippen LogP contribution is -2.42. The number of aliphatic hydroxyl groups is 2. The van der Waals surface area contributed by atoms with Gasteiger partial charge in [-0.25, -0.2) is 0 Å². The first kappa shape index (κ1) is 10.5. The van der Waals surface area contributed by atoms with E-state index in [0.717, 1.165) is 0 Å². The summed E-state index contributed by atoms with van der Waals surface area (Å²) in [5.41, 5.74) is -1.33. The maximum atomic E-state index is 9.46. The van der Waals surface area contributed by atoms with Crippen LogP contribution in [0.15, 0.2) is 0 Å². The monoisotopic (exact) mass is 185 g/mol. The Morgan fingerprint density at radius 1 is 1.69 bits per heavy atom. The van der Waals surface area contributed by atoms with Crippen molar-refractivity contribution in [2.75, 3.05) is 13.7 Å². The van der Waals surface area contributed by atoms with Gasteiger partial charge in [-0.3, -0.25) is 0 Å². The van der Waals surface area contributed by atoms with Crippen LogP contribution in [0, 0.1) is 11.3 Å². The van der Waals surface area contributed by atoms with E-state index >= 15 is 0 Å². The van der Waals surface area contributed by atoms with Crippen molar-refractivity contribution >= 4 is 7.85 Å². The normalized spacial score (nSPS) is 44.6. The molecule has 0 spiro atoms. The lowest BCUT2D eigenvalue weighted by molar-refractivity contribution is -0.0318. The van der Waals surface area contributed by atoms with Crippen molar-refractivity contribution in [2.24, 2.45) is 0 Å². The number of hydrogen-bond donors (Lipinski definition) is 2. The van der Waals surface area contributed by atoms with E-state index in [1.165, 1.54) is 15.0 Å². The zero-order valence-electron chi connectivity index (χ0n) is 7.60. The topological polar surface area (TPSA) is 82.7 Å². The maximum Gasteiger partial charge on any atom is 0.166 e. The molecule has 2 N–H and O–H groups in total. The highest BCUT2D eigenvalue weighted by molar-refractivity contribution is 6.17. The van der Waals surface area contributed by atoms with Crippen molar-refractivity contribution in [1.29, 1.82) is 5.26 Å². The number of ether oxygens (including phenoxy) is 2. The molecule has 1 fully saturated rings. The van der Waals surface area contributed by atoms with E-state index in [1.54, 1.807) is 0 Å². The second kappa shape index (κ2) is 3.64. The van der Waals surface area contributed by atoms with Gasteiger partial charge in [0.05, 0.1) is 12.7 Å². The Kier molecular flexibility index (Phi) is 2.93. The van der Waals surface area contributed by atoms with E-state index in [9.17, 15) is 10.2 Å². The van der Waals surface area contributed by atoms with Gasteiger partial charge in [0.2, 0.25) is 0 Å². The number of rotatable bonds is 2. The highest BCUT2D eigenvalue weighted by atomic mass is 16.6. The molecule has 1 saturated heterocycles. The van der Waals surface area contributed by atoms with Gasteiger partial charge in [0.1, 0.15) is 23.8 Å². The fourth-order valence-electron chi connectivity index (χ4n) is 1.37. The zero-order valence-corrected chi connectivity index (χ0v) is 7.60. The Morgan fingerprint density at radius 3 is 2.69 bits per heavy atom. The van der Waals surface area contributed by atoms with Crippen molar-refractivity contribution in [3.8, 4) is 6.07 Å². The predicted octanol–water partition coefficient (Wildman–Crippen LogP) is -2.39. The summed E-state index contributed by atoms with van der Waals surface area (Å²) < 4.78 is 9.95. The Labute approximate surface area is 77.3 Å². The van der Waals surface area contributed by atoms with Crippen molar-refractivity contribution in [3.63, 3.8) is 0 Å². The van der Waals surface area contributed by atoms with Gasteiger partial charge in [-0.05, 0) is 0 Å². The van der Waals surface area contributed by atoms with Crippen LogP contribution in [-0.4, -0.2) is 55.6 Å². The molecule has 0 amide bonds. The van der Waals surface area contributed by atoms with E-state index in [0.29, 0.717) is 0 Å². The van der Waals surface area contributed by atoms with Crippen LogP contribution in [0.25, 0.3) is 0 Å². The van der Waals surface area contributed by atoms with Crippen molar-refractivity contribution in [2.45, 2.75) is 23.8 Å². The van der Waals surface area contributed by atoms with Crippen LogP contribution in [0.4, 0.5) is 0 Å². The molecule has 0 aromatic rings. The molecule has 13 heavy (non-hydrogen) atoms. The Bertz CT molecular complexity index is 231. The Balaban J connectivity index is 2.73. The zero-order chi connectivity index (χ0) is 10.1. The number of hydrogen-bond acceptors (Lipinski definition) is 5. The molecule has 0 bridgehead atoms. The quantitative estimate of drug-likeness (QED) is 0.469. The summed E-state index contributed by atoms with van der Waals surface area (Å²) in [6.07, 6.45) is -2.88. The van der Waals surface area contributed by atoms with E-state index in [1.807, 2.05) is 6.07 Å². The fraction of sp³-hybridized carbons (Fsp3) is 0.857. The molecule has 4 atom stereocenters. The van der Waals surface area contributed by atoms with Crippen molar-refractivity contribution in [1.82, 2.24) is 0 Å². The summed E-state index contributed by atoms with van der Waals surface area (Å²) in [5, 5.41) is 27.6. The Hall–Kier alpha value is -0.605. The molecule has 0 aromatic carbocycles. The summed E-state index contributed by atoms with van der Waals surface area (Å²) >= 11 is 0. The molecule has 72 valence electrons. The van der Waals surface area contributed by atoms with Gasteiger partial charge in [-0.15, -0.1) is 0 Å². The molecular weight excluding hydrogens is 173 g/mol. The van der Waals surface area contributed by atoms with E-state index in [4.69, 9.17) is 14.7 Å². The summed E-state index contributed by atoms with van der Waals surface area (Å²) in [6, 6.07) is 1.82. The lowest BCUT2D eigenvalue weighted by Gasteiger charge is -2.18. The van der Waals surface area contributed by atoms with Gasteiger partial charge in [0.25, 0.3) is 0 Å². The summed E-state index contributed by atoms with van der Waals surface area (Å²) in [4.78, 5) is 0. The molecule has 5 nitrogen and oxygen atoms in total. The van der Waals surface area contributed by atoms with Crippen LogP contribution in [0.5, 0.6) is 0 Å². The standard InChI is InChI=1S/C7H12BNO4/c1-12-2-4-5(10)6(11)7(8,3-9)13-4/h4-6,10-11H,2,8H2,1H3/t4-,5-,6-,7-/m1/s1. The van der Waals surface area contributed by atoms with Gasteiger partial charge in [0, 0.05) is 7.11 Å². The number of nitrogens with zero attached hydrogens (tertiary/aromatic N) is 1. The average Bonchev–Trinajstić information content (AvgIpc) is 2.33. The molecule has 0 aromatic heterocycles. The van der Waals surface area contributed by atoms with Crippen molar-refractivity contribution < 1.29 is 19.7 Å². The molecular formula is C7H12BNO4. The molecule has 1 aliphatic rings. The SMILES string of the molecule is B[C@]1(C#N)O[C@H](COC)[C@@H](O)[C@H]1O. The number of methoxy groups -OCH3 is 1. The van der Waals surface area contributed by atoms with E-state index < -0.39 is 23.8 Å². The molecule has 0 saturated carbocycles. The highest BCUT2D eigenvalue weighted by Crippen LogP contribution is 2.28. The van der Waals surface area contributed by atoms with Crippen LogP contribution in [0.1, 0.15) is 0 Å². The fourth-order valence-corrected chi connectivity index (χ4v) is 1.37. The van der Waals surface area contributed by atoms with Gasteiger partial charge >= 0.3 is 0 Å². The van der Waals surface area contributed by atoms with Crippen LogP contribution >= 0.6 is 0 Å². The molecule has 6 heteroatoms. The first-order valence-electron chi connectivity index (χ1n) is 3.99. The third kappa shape index (κ3) is 1.69. The number of aliphatic hydroxyl groups excluding tert-OH is 2. The molecule has 1 rings (SSSR count). The molecule has 1 heterocycles. The Morgan fingerprint density at radius 2 is 2.31 bits per heavy atom. The summed E-state index contributed by atoms with van der Waals surface area (Å²) in [6.45, 7) is 0.162. The highest BCUT2D eigenvalue weighted by Gasteiger charge is 2.51. The first-order valence-corrected chi connectivity index (χ1v) is 3.99. The van der Waals surface area contributed by atoms with E-state index in [2.05, 4.69) is 0 Å². The van der Waals surface area contributed by atoms with Gasteiger partial charge in [-0.1, -0.05) is 0 Å². The van der Waals surface area contributed by atoms with Gasteiger partial charge < -0.3 is 19.7 Å². The average molecular weight is 185 g/mol. The second-order valence-electron chi connectivity index (χ2n) is 3.27. The molecule has 1 aliphatic heterocycles. The summed E-state index contributed by atoms with van der Waals surface area (Å²) in [7, 11) is 2.90. The maximum absolute atomic E-state index is 9.46. The van der Waals surface area contributed by atoms with Gasteiger partial charge in [-0.2, -0.15) is 5.26 Å². The second-order valence-corrected chi connectivity index (χ2v) is 3.27. The predicted molar refractivity (Wildman–Crippen MR) is 45.7 cm³/mol.